The number of non-ortho nitro benzene ring substituents is 1. The molecule has 0 aliphatic heterocycles. The first-order valence-electron chi connectivity index (χ1n) is 8.94. The normalized spacial score (nSPS) is 11.1. The van der Waals surface area contributed by atoms with E-state index < -0.39 is 0 Å². The van der Waals surface area contributed by atoms with Crippen molar-refractivity contribution >= 4 is 58.0 Å². The number of fused-ring (bicyclic) bond motifs is 2. The summed E-state index contributed by atoms with van der Waals surface area (Å²) in [5, 5.41) is 28.2. The number of nitrogens with zero attached hydrogens (tertiary/aromatic N) is 3. The van der Waals surface area contributed by atoms with Gasteiger partial charge in [0.25, 0.3) is 5.69 Å². The number of rotatable bonds is 6. The number of hydrogen-bond acceptors (Lipinski definition) is 5. The van der Waals surface area contributed by atoms with Crippen molar-refractivity contribution in [2.45, 2.75) is 20.3 Å². The van der Waals surface area contributed by atoms with Crippen molar-refractivity contribution in [1.82, 2.24) is 4.98 Å². The van der Waals surface area contributed by atoms with Crippen LogP contribution < -0.4 is 5.32 Å². The van der Waals surface area contributed by atoms with Gasteiger partial charge in [0.1, 0.15) is 5.39 Å². The molecule has 0 bridgehead atoms. The molecule has 3 rings (SSSR count). The van der Waals surface area contributed by atoms with Crippen LogP contribution in [0.25, 0.3) is 21.8 Å². The molecule has 0 aliphatic rings. The number of hydrogen-bond donors (Lipinski definition) is 1. The first kappa shape index (κ1) is 24.8. The molecular weight excluding hydrogens is 415 g/mol. The second kappa shape index (κ2) is 9.54. The number of quaternary nitrogens is 1. The molecule has 1 heterocycles. The summed E-state index contributed by atoms with van der Waals surface area (Å²) in [6.45, 7) is 4.91. The first-order valence-corrected chi connectivity index (χ1v) is 8.94. The van der Waals surface area contributed by atoms with Gasteiger partial charge in [0, 0.05) is 24.4 Å². The number of halogens is 2. The minimum atomic E-state index is -0.367. The van der Waals surface area contributed by atoms with E-state index in [1.165, 1.54) is 6.07 Å². The minimum Gasteiger partial charge on any atom is -0.633 e. The van der Waals surface area contributed by atoms with Crippen LogP contribution in [0, 0.1) is 29.2 Å². The Morgan fingerprint density at radius 1 is 1.07 bits per heavy atom. The topological polar surface area (TPSA) is 91.1 Å². The lowest BCUT2D eigenvalue weighted by Gasteiger charge is -2.33. The van der Waals surface area contributed by atoms with Crippen LogP contribution in [0.1, 0.15) is 17.5 Å². The summed E-state index contributed by atoms with van der Waals surface area (Å²) >= 11 is 0. The van der Waals surface area contributed by atoms with Crippen molar-refractivity contribution in [3.63, 3.8) is 0 Å². The van der Waals surface area contributed by atoms with Crippen LogP contribution in [0.15, 0.2) is 30.3 Å². The number of aromatic nitrogens is 1. The van der Waals surface area contributed by atoms with Crippen molar-refractivity contribution in [2.75, 3.05) is 32.5 Å². The number of nitrogens with one attached hydrogen (secondary N) is 1. The molecule has 0 unspecified atom stereocenters. The Bertz CT molecular complexity index is 1040. The third-order valence-electron chi connectivity index (χ3n) is 4.71. The smallest absolute Gasteiger partial charge is 0.280 e. The Morgan fingerprint density at radius 3 is 2.34 bits per heavy atom. The lowest BCUT2D eigenvalue weighted by molar-refractivity contribution is -0.839. The van der Waals surface area contributed by atoms with Crippen LogP contribution in [0.5, 0.6) is 0 Å². The van der Waals surface area contributed by atoms with E-state index >= 15 is 0 Å². The van der Waals surface area contributed by atoms with Crippen LogP contribution in [-0.4, -0.2) is 41.7 Å². The van der Waals surface area contributed by atoms with E-state index in [0.717, 1.165) is 22.0 Å². The zero-order chi connectivity index (χ0) is 19.8. The highest BCUT2D eigenvalue weighted by atomic mass is 35.5. The Labute approximate surface area is 182 Å². The van der Waals surface area contributed by atoms with Crippen LogP contribution in [-0.2, 0) is 0 Å². The monoisotopic (exact) mass is 440 g/mol. The fourth-order valence-corrected chi connectivity index (χ4v) is 3.34. The number of benzene rings is 2. The van der Waals surface area contributed by atoms with Gasteiger partial charge in [-0.2, -0.15) is 0 Å². The zero-order valence-electron chi connectivity index (χ0n) is 16.9. The number of nitro groups is 1. The molecule has 0 aliphatic carbocycles. The quantitative estimate of drug-likeness (QED) is 0.188. The minimum absolute atomic E-state index is 0. The lowest BCUT2D eigenvalue weighted by atomic mass is 10.0. The van der Waals surface area contributed by atoms with Gasteiger partial charge in [-0.1, -0.05) is 24.3 Å². The van der Waals surface area contributed by atoms with Crippen LogP contribution >= 0.6 is 24.8 Å². The average Bonchev–Trinajstić information content (AvgIpc) is 2.58. The van der Waals surface area contributed by atoms with Gasteiger partial charge in [0.2, 0.25) is 0 Å². The molecule has 0 atom stereocenters. The number of nitro benzene ring substituents is 1. The third kappa shape index (κ3) is 5.25. The number of pyridine rings is 1. The predicted octanol–water partition coefficient (Wildman–Crippen LogP) is 5.13. The van der Waals surface area contributed by atoms with Gasteiger partial charge < -0.3 is 15.2 Å². The molecule has 7 nitrogen and oxygen atoms in total. The zero-order valence-corrected chi connectivity index (χ0v) is 18.5. The summed E-state index contributed by atoms with van der Waals surface area (Å²) in [6, 6.07) is 9.10. The maximum Gasteiger partial charge on any atom is 0.280 e. The standard InChI is InChI=1S/C20H24N4O3.2ClH/c1-13-7-5-8-15-18(13)22-19-14(2)9-10-16(23(25)26)17(19)20(15)21-11-6-12-24(3,4)27;;/h5,7-10H,6,11-12H2,1-4H3,(H,21,22);2*1H. The average molecular weight is 441 g/mol. The molecule has 0 saturated carbocycles. The van der Waals surface area contributed by atoms with E-state index in [0.29, 0.717) is 36.1 Å². The molecule has 29 heavy (non-hydrogen) atoms. The summed E-state index contributed by atoms with van der Waals surface area (Å²) in [5.74, 6) is 0. The Balaban J connectivity index is 0.00000210. The van der Waals surface area contributed by atoms with Gasteiger partial charge in [0.05, 0.1) is 42.3 Å². The highest BCUT2D eigenvalue weighted by molar-refractivity contribution is 6.12. The Hall–Kier alpha value is -2.19. The molecule has 9 heteroatoms. The van der Waals surface area contributed by atoms with E-state index in [-0.39, 0.29) is 40.1 Å². The molecule has 0 amide bonds. The summed E-state index contributed by atoms with van der Waals surface area (Å²) in [4.78, 5) is 16.0. The third-order valence-corrected chi connectivity index (χ3v) is 4.71. The van der Waals surface area contributed by atoms with Gasteiger partial charge in [-0.05, 0) is 25.0 Å². The first-order chi connectivity index (χ1) is 12.7. The van der Waals surface area contributed by atoms with Crippen LogP contribution in [0.4, 0.5) is 11.4 Å². The van der Waals surface area contributed by atoms with Crippen molar-refractivity contribution in [1.29, 1.82) is 0 Å². The molecule has 0 radical (unpaired) electrons. The van der Waals surface area contributed by atoms with E-state index in [2.05, 4.69) is 5.32 Å². The molecule has 158 valence electrons. The largest absolute Gasteiger partial charge is 0.633 e. The van der Waals surface area contributed by atoms with E-state index in [4.69, 9.17) is 4.98 Å². The second-order valence-electron chi connectivity index (χ2n) is 7.42. The van der Waals surface area contributed by atoms with Crippen molar-refractivity contribution in [3.8, 4) is 0 Å². The fraction of sp³-hybridized carbons (Fsp3) is 0.350. The van der Waals surface area contributed by atoms with Crippen molar-refractivity contribution < 1.29 is 9.57 Å². The van der Waals surface area contributed by atoms with Gasteiger partial charge >= 0.3 is 0 Å². The molecule has 3 aromatic rings. The van der Waals surface area contributed by atoms with Crippen molar-refractivity contribution in [2.24, 2.45) is 0 Å². The second-order valence-corrected chi connectivity index (χ2v) is 7.42. The van der Waals surface area contributed by atoms with Crippen LogP contribution in [0.2, 0.25) is 0 Å². The summed E-state index contributed by atoms with van der Waals surface area (Å²) in [5.41, 5.74) is 4.12. The van der Waals surface area contributed by atoms with Gasteiger partial charge in [-0.15, -0.1) is 24.8 Å². The lowest BCUT2D eigenvalue weighted by Crippen LogP contribution is -2.34. The van der Waals surface area contributed by atoms with Gasteiger partial charge in [-0.25, -0.2) is 4.98 Å². The number of hydroxylamine groups is 3. The summed E-state index contributed by atoms with van der Waals surface area (Å²) in [6.07, 6.45) is 0.660. The Kier molecular flexibility index (Phi) is 8.17. The SMILES string of the molecule is Cc1cccc2c(NCCC[N+](C)(C)[O-])c3c([N+](=O)[O-])ccc(C)c3nc12.Cl.Cl. The molecule has 1 aromatic heterocycles. The van der Waals surface area contributed by atoms with Gasteiger partial charge in [0.15, 0.2) is 0 Å². The summed E-state index contributed by atoms with van der Waals surface area (Å²) in [7, 11) is 3.21. The highest BCUT2D eigenvalue weighted by Gasteiger charge is 2.21. The fourth-order valence-electron chi connectivity index (χ4n) is 3.34. The van der Waals surface area contributed by atoms with Gasteiger partial charge in [-0.3, -0.25) is 10.1 Å². The predicted molar refractivity (Wildman–Crippen MR) is 123 cm³/mol. The maximum absolute atomic E-state index is 11.8. The maximum atomic E-state index is 11.8. The number of anilines is 1. The van der Waals surface area contributed by atoms with Crippen molar-refractivity contribution in [3.05, 3.63) is 56.8 Å². The van der Waals surface area contributed by atoms with Crippen LogP contribution in [0.3, 0.4) is 0 Å². The number of aryl methyl sites for hydroxylation is 2. The summed E-state index contributed by atoms with van der Waals surface area (Å²) < 4.78 is -0.363. The number of para-hydroxylation sites is 1. The highest BCUT2D eigenvalue weighted by Crippen LogP contribution is 2.38. The molecule has 2 aromatic carbocycles. The van der Waals surface area contributed by atoms with E-state index in [1.54, 1.807) is 20.2 Å². The Morgan fingerprint density at radius 2 is 1.72 bits per heavy atom. The van der Waals surface area contributed by atoms with E-state index in [9.17, 15) is 15.3 Å². The van der Waals surface area contributed by atoms with E-state index in [1.807, 2.05) is 32.0 Å². The molecular formula is C20H26Cl2N4O3. The molecule has 1 N–H and O–H groups in total. The molecule has 0 fully saturated rings. The molecule has 0 spiro atoms. The molecule has 0 saturated heterocycles.